The molecule has 0 aliphatic carbocycles. The summed E-state index contributed by atoms with van der Waals surface area (Å²) in [5.74, 6) is 0.403. The number of rotatable bonds is 4. The Morgan fingerprint density at radius 3 is 2.83 bits per heavy atom. The number of amides is 2. The minimum absolute atomic E-state index is 0.0361. The summed E-state index contributed by atoms with van der Waals surface area (Å²) in [6.45, 7) is 0.844. The van der Waals surface area contributed by atoms with E-state index in [1.54, 1.807) is 22.8 Å². The summed E-state index contributed by atoms with van der Waals surface area (Å²) in [4.78, 5) is 14.1. The Labute approximate surface area is 140 Å². The number of hydrogen-bond donors (Lipinski definition) is 2. The number of aliphatic hydroxyl groups excluding tert-OH is 1. The molecular formula is C17H22N4O3. The van der Waals surface area contributed by atoms with Crippen molar-refractivity contribution in [2.45, 2.75) is 12.5 Å². The van der Waals surface area contributed by atoms with Crippen LogP contribution in [0.25, 0.3) is 0 Å². The Kier molecular flexibility index (Phi) is 4.71. The van der Waals surface area contributed by atoms with Crippen molar-refractivity contribution in [1.82, 2.24) is 14.7 Å². The van der Waals surface area contributed by atoms with Crippen molar-refractivity contribution in [1.29, 1.82) is 0 Å². The summed E-state index contributed by atoms with van der Waals surface area (Å²) in [6.07, 6.45) is 1.92. The molecule has 1 aliphatic rings. The van der Waals surface area contributed by atoms with E-state index in [2.05, 4.69) is 10.4 Å². The van der Waals surface area contributed by atoms with Crippen LogP contribution in [0.15, 0.2) is 36.5 Å². The zero-order valence-electron chi connectivity index (χ0n) is 13.8. The van der Waals surface area contributed by atoms with E-state index in [1.165, 1.54) is 7.11 Å². The minimum atomic E-state index is -0.522. The molecule has 1 aliphatic heterocycles. The van der Waals surface area contributed by atoms with E-state index in [1.807, 2.05) is 30.3 Å². The zero-order valence-corrected chi connectivity index (χ0v) is 13.8. The van der Waals surface area contributed by atoms with Gasteiger partial charge in [-0.1, -0.05) is 30.3 Å². The van der Waals surface area contributed by atoms with Gasteiger partial charge in [0.2, 0.25) is 0 Å². The van der Waals surface area contributed by atoms with Gasteiger partial charge in [0.25, 0.3) is 5.88 Å². The summed E-state index contributed by atoms with van der Waals surface area (Å²) >= 11 is 0. The van der Waals surface area contributed by atoms with Gasteiger partial charge in [-0.25, -0.2) is 4.79 Å². The predicted molar refractivity (Wildman–Crippen MR) is 90.0 cm³/mol. The molecule has 0 spiro atoms. The monoisotopic (exact) mass is 330 g/mol. The summed E-state index contributed by atoms with van der Waals surface area (Å²) in [5.41, 5.74) is 1.68. The molecule has 2 heterocycles. The van der Waals surface area contributed by atoms with E-state index in [9.17, 15) is 9.90 Å². The smallest absolute Gasteiger partial charge is 0.322 e. The molecule has 7 heteroatoms. The van der Waals surface area contributed by atoms with Crippen molar-refractivity contribution in [3.8, 4) is 5.88 Å². The quantitative estimate of drug-likeness (QED) is 0.890. The zero-order chi connectivity index (χ0) is 17.1. The van der Waals surface area contributed by atoms with Crippen LogP contribution >= 0.6 is 0 Å². The van der Waals surface area contributed by atoms with Crippen molar-refractivity contribution >= 4 is 11.7 Å². The number of ether oxygens (including phenoxy) is 1. The standard InChI is InChI=1S/C17H22N4O3/c1-20-10-14(16(19-20)24-2)18-17(23)21-9-13(15(22)11-21)8-12-6-4-3-5-7-12/h3-7,10,13,15,22H,8-9,11H2,1-2H3,(H,18,23)/t13-,15-/m1/s1. The molecule has 2 atom stereocenters. The number of likely N-dealkylation sites (tertiary alicyclic amines) is 1. The number of β-amino-alcohol motifs (C(OH)–C–C–N with tert-alkyl or cyclic N) is 1. The molecule has 7 nitrogen and oxygen atoms in total. The van der Waals surface area contributed by atoms with Crippen LogP contribution in [-0.4, -0.2) is 52.1 Å². The first kappa shape index (κ1) is 16.3. The number of hydrogen-bond acceptors (Lipinski definition) is 4. The normalized spacial score (nSPS) is 20.2. The molecule has 0 bridgehead atoms. The highest BCUT2D eigenvalue weighted by Crippen LogP contribution is 2.25. The Hall–Kier alpha value is -2.54. The van der Waals surface area contributed by atoms with Crippen LogP contribution in [0, 0.1) is 5.92 Å². The molecular weight excluding hydrogens is 308 g/mol. The topological polar surface area (TPSA) is 79.6 Å². The van der Waals surface area contributed by atoms with E-state index in [4.69, 9.17) is 4.74 Å². The second-order valence-corrected chi connectivity index (χ2v) is 6.08. The van der Waals surface area contributed by atoms with E-state index < -0.39 is 6.10 Å². The van der Waals surface area contributed by atoms with Gasteiger partial charge in [-0.2, -0.15) is 0 Å². The lowest BCUT2D eigenvalue weighted by atomic mass is 9.97. The van der Waals surface area contributed by atoms with Crippen molar-refractivity contribution in [3.63, 3.8) is 0 Å². The number of aromatic nitrogens is 2. The SMILES string of the molecule is COc1nn(C)cc1NC(=O)N1C[C@@H](Cc2ccccc2)[C@H](O)C1. The first-order valence-electron chi connectivity index (χ1n) is 7.92. The molecule has 1 fully saturated rings. The number of nitrogens with one attached hydrogen (secondary N) is 1. The number of carbonyl (C=O) groups is 1. The third kappa shape index (κ3) is 3.51. The fourth-order valence-corrected chi connectivity index (χ4v) is 3.04. The number of benzene rings is 1. The summed E-state index contributed by atoms with van der Waals surface area (Å²) < 4.78 is 6.71. The lowest BCUT2D eigenvalue weighted by molar-refractivity contribution is 0.143. The molecule has 0 saturated carbocycles. The Balaban J connectivity index is 1.62. The van der Waals surface area contributed by atoms with Gasteiger partial charge < -0.3 is 20.1 Å². The van der Waals surface area contributed by atoms with Gasteiger partial charge in [0.1, 0.15) is 5.69 Å². The molecule has 1 saturated heterocycles. The second kappa shape index (κ2) is 6.92. The molecule has 2 aromatic rings. The number of anilines is 1. The van der Waals surface area contributed by atoms with Crippen LogP contribution in [0.4, 0.5) is 10.5 Å². The van der Waals surface area contributed by atoms with E-state index in [0.717, 1.165) is 12.0 Å². The van der Waals surface area contributed by atoms with Gasteiger partial charge in [-0.15, -0.1) is 5.10 Å². The van der Waals surface area contributed by atoms with Gasteiger partial charge >= 0.3 is 6.03 Å². The Morgan fingerprint density at radius 2 is 2.12 bits per heavy atom. The van der Waals surface area contributed by atoms with Crippen LogP contribution in [-0.2, 0) is 13.5 Å². The molecule has 24 heavy (non-hydrogen) atoms. The van der Waals surface area contributed by atoms with Gasteiger partial charge in [0.15, 0.2) is 0 Å². The molecule has 2 N–H and O–H groups in total. The van der Waals surface area contributed by atoms with Crippen LogP contribution in [0.2, 0.25) is 0 Å². The maximum atomic E-state index is 12.4. The summed E-state index contributed by atoms with van der Waals surface area (Å²) in [5, 5.41) is 17.2. The number of carbonyl (C=O) groups excluding carboxylic acids is 1. The van der Waals surface area contributed by atoms with Crippen molar-refractivity contribution < 1.29 is 14.6 Å². The van der Waals surface area contributed by atoms with Crippen molar-refractivity contribution in [2.75, 3.05) is 25.5 Å². The Morgan fingerprint density at radius 1 is 1.38 bits per heavy atom. The second-order valence-electron chi connectivity index (χ2n) is 6.08. The van der Waals surface area contributed by atoms with Crippen molar-refractivity contribution in [3.05, 3.63) is 42.1 Å². The van der Waals surface area contributed by atoms with Crippen LogP contribution in [0.1, 0.15) is 5.56 Å². The third-order valence-corrected chi connectivity index (χ3v) is 4.26. The highest BCUT2D eigenvalue weighted by molar-refractivity contribution is 5.90. The Bertz CT molecular complexity index is 701. The fraction of sp³-hybridized carbons (Fsp3) is 0.412. The molecule has 1 aromatic heterocycles. The third-order valence-electron chi connectivity index (χ3n) is 4.26. The number of nitrogens with zero attached hydrogens (tertiary/aromatic N) is 3. The molecule has 3 rings (SSSR count). The highest BCUT2D eigenvalue weighted by Gasteiger charge is 2.34. The van der Waals surface area contributed by atoms with Crippen molar-refractivity contribution in [2.24, 2.45) is 13.0 Å². The fourth-order valence-electron chi connectivity index (χ4n) is 3.04. The van der Waals surface area contributed by atoms with Gasteiger partial charge in [0, 0.05) is 26.1 Å². The van der Waals surface area contributed by atoms with Gasteiger partial charge in [-0.05, 0) is 12.0 Å². The summed E-state index contributed by atoms with van der Waals surface area (Å²) in [6, 6.07) is 9.75. The van der Waals surface area contributed by atoms with Crippen LogP contribution in [0.5, 0.6) is 5.88 Å². The first-order valence-corrected chi connectivity index (χ1v) is 7.92. The van der Waals surface area contributed by atoms with Gasteiger partial charge in [-0.3, -0.25) is 4.68 Å². The summed E-state index contributed by atoms with van der Waals surface area (Å²) in [7, 11) is 3.27. The number of aryl methyl sites for hydroxylation is 1. The first-order chi connectivity index (χ1) is 11.6. The average Bonchev–Trinajstić information content (AvgIpc) is 3.11. The lowest BCUT2D eigenvalue weighted by Gasteiger charge is -2.16. The average molecular weight is 330 g/mol. The number of methoxy groups -OCH3 is 1. The molecule has 128 valence electrons. The highest BCUT2D eigenvalue weighted by atomic mass is 16.5. The van der Waals surface area contributed by atoms with Gasteiger partial charge in [0.05, 0.1) is 19.4 Å². The molecule has 1 aromatic carbocycles. The lowest BCUT2D eigenvalue weighted by Crippen LogP contribution is -2.33. The molecule has 0 radical (unpaired) electrons. The molecule has 2 amide bonds. The maximum absolute atomic E-state index is 12.4. The largest absolute Gasteiger partial charge is 0.478 e. The number of aliphatic hydroxyl groups is 1. The van der Waals surface area contributed by atoms with E-state index >= 15 is 0 Å². The maximum Gasteiger partial charge on any atom is 0.322 e. The van der Waals surface area contributed by atoms with Crippen LogP contribution in [0.3, 0.4) is 0 Å². The minimum Gasteiger partial charge on any atom is -0.478 e. The predicted octanol–water partition coefficient (Wildman–Crippen LogP) is 1.50. The molecule has 0 unspecified atom stereocenters. The van der Waals surface area contributed by atoms with E-state index in [-0.39, 0.29) is 11.9 Å². The van der Waals surface area contributed by atoms with Crippen LogP contribution < -0.4 is 10.1 Å². The van der Waals surface area contributed by atoms with E-state index in [0.29, 0.717) is 24.7 Å². The number of urea groups is 1.